The average molecular weight is 396 g/mol. The van der Waals surface area contributed by atoms with Crippen LogP contribution in [0.25, 0.3) is 0 Å². The van der Waals surface area contributed by atoms with Gasteiger partial charge in [-0.15, -0.1) is 0 Å². The first-order valence-electron chi connectivity index (χ1n) is 9.84. The number of benzene rings is 2. The van der Waals surface area contributed by atoms with Crippen LogP contribution in [0.4, 0.5) is 5.69 Å². The molecule has 2 aromatic carbocycles. The molecule has 0 saturated carbocycles. The van der Waals surface area contributed by atoms with Gasteiger partial charge < -0.3 is 19.9 Å². The van der Waals surface area contributed by atoms with Crippen molar-refractivity contribution in [2.75, 3.05) is 39.2 Å². The van der Waals surface area contributed by atoms with Crippen LogP contribution in [0, 0.1) is 12.8 Å². The molecule has 1 heterocycles. The van der Waals surface area contributed by atoms with Crippen LogP contribution in [-0.4, -0.2) is 51.0 Å². The summed E-state index contributed by atoms with van der Waals surface area (Å²) in [5, 5.41) is 3.04. The van der Waals surface area contributed by atoms with Crippen molar-refractivity contribution in [1.82, 2.24) is 10.2 Å². The molecule has 3 rings (SSSR count). The van der Waals surface area contributed by atoms with E-state index in [2.05, 4.69) is 10.2 Å². The molecule has 6 heteroatoms. The van der Waals surface area contributed by atoms with Gasteiger partial charge in [0.2, 0.25) is 11.8 Å². The first-order chi connectivity index (χ1) is 13.9. The van der Waals surface area contributed by atoms with E-state index in [0.29, 0.717) is 13.1 Å². The summed E-state index contributed by atoms with van der Waals surface area (Å²) < 4.78 is 5.22. The third-order valence-electron chi connectivity index (χ3n) is 5.44. The van der Waals surface area contributed by atoms with E-state index in [1.165, 1.54) is 0 Å². The maximum atomic E-state index is 12.8. The molecule has 1 fully saturated rings. The van der Waals surface area contributed by atoms with Gasteiger partial charge >= 0.3 is 0 Å². The Kier molecular flexibility index (Phi) is 6.54. The number of amides is 2. The molecule has 2 unspecified atom stereocenters. The number of nitrogens with one attached hydrogen (secondary N) is 1. The molecule has 1 saturated heterocycles. The quantitative estimate of drug-likeness (QED) is 0.783. The van der Waals surface area contributed by atoms with Gasteiger partial charge in [0.15, 0.2) is 0 Å². The molecule has 0 spiro atoms. The highest BCUT2D eigenvalue weighted by Crippen LogP contribution is 2.26. The number of hydrogen-bond donors (Lipinski definition) is 1. The number of anilines is 1. The molecule has 1 aliphatic rings. The third-order valence-corrected chi connectivity index (χ3v) is 5.44. The van der Waals surface area contributed by atoms with Crippen LogP contribution in [0.2, 0.25) is 0 Å². The van der Waals surface area contributed by atoms with E-state index < -0.39 is 0 Å². The fraction of sp³-hybridized carbons (Fsp3) is 0.391. The molecule has 2 aromatic rings. The molecule has 29 heavy (non-hydrogen) atoms. The summed E-state index contributed by atoms with van der Waals surface area (Å²) in [6.45, 7) is 2.91. The molecular weight excluding hydrogens is 366 g/mol. The van der Waals surface area contributed by atoms with E-state index in [1.807, 2.05) is 69.6 Å². The van der Waals surface area contributed by atoms with Gasteiger partial charge in [-0.3, -0.25) is 9.59 Å². The summed E-state index contributed by atoms with van der Waals surface area (Å²) in [6.07, 6.45) is 0.245. The van der Waals surface area contributed by atoms with E-state index in [9.17, 15) is 9.59 Å². The van der Waals surface area contributed by atoms with Crippen LogP contribution < -0.4 is 15.0 Å². The molecular formula is C23H29N3O3. The fourth-order valence-corrected chi connectivity index (χ4v) is 3.62. The first kappa shape index (κ1) is 20.9. The Bertz CT molecular complexity index is 847. The van der Waals surface area contributed by atoms with Gasteiger partial charge in [-0.25, -0.2) is 0 Å². The summed E-state index contributed by atoms with van der Waals surface area (Å²) in [5.41, 5.74) is 3.09. The number of aryl methyl sites for hydroxylation is 1. The van der Waals surface area contributed by atoms with Crippen molar-refractivity contribution in [2.24, 2.45) is 5.92 Å². The zero-order chi connectivity index (χ0) is 21.0. The van der Waals surface area contributed by atoms with Gasteiger partial charge in [-0.05, 0) is 50.8 Å². The monoisotopic (exact) mass is 395 g/mol. The second-order valence-electron chi connectivity index (χ2n) is 7.74. The standard InChI is InChI=1S/C23H29N3O3/c1-16-5-9-19(10-6-16)26-15-18(13-22(26)27)23(28)24-14-21(25(2)3)17-7-11-20(29-4)12-8-17/h5-12,18,21H,13-15H2,1-4H3,(H,24,28). The molecule has 1 N–H and O–H groups in total. The number of likely N-dealkylation sites (N-methyl/N-ethyl adjacent to an activating group) is 1. The van der Waals surface area contributed by atoms with E-state index in [0.717, 1.165) is 22.6 Å². The highest BCUT2D eigenvalue weighted by Gasteiger charge is 2.35. The van der Waals surface area contributed by atoms with Crippen molar-refractivity contribution in [1.29, 1.82) is 0 Å². The smallest absolute Gasteiger partial charge is 0.227 e. The van der Waals surface area contributed by atoms with Gasteiger partial charge in [0.25, 0.3) is 0 Å². The molecule has 0 aromatic heterocycles. The largest absolute Gasteiger partial charge is 0.497 e. The Morgan fingerprint density at radius 3 is 2.41 bits per heavy atom. The lowest BCUT2D eigenvalue weighted by atomic mass is 10.0. The van der Waals surface area contributed by atoms with Crippen LogP contribution >= 0.6 is 0 Å². The van der Waals surface area contributed by atoms with Crippen molar-refractivity contribution in [3.05, 3.63) is 59.7 Å². The summed E-state index contributed by atoms with van der Waals surface area (Å²) >= 11 is 0. The van der Waals surface area contributed by atoms with Crippen molar-refractivity contribution < 1.29 is 14.3 Å². The molecule has 154 valence electrons. The second kappa shape index (κ2) is 9.09. The predicted molar refractivity (Wildman–Crippen MR) is 114 cm³/mol. The minimum atomic E-state index is -0.331. The maximum absolute atomic E-state index is 12.8. The van der Waals surface area contributed by atoms with Crippen molar-refractivity contribution >= 4 is 17.5 Å². The van der Waals surface area contributed by atoms with E-state index >= 15 is 0 Å². The normalized spacial score (nSPS) is 17.5. The second-order valence-corrected chi connectivity index (χ2v) is 7.74. The Balaban J connectivity index is 1.61. The Morgan fingerprint density at radius 2 is 1.83 bits per heavy atom. The lowest BCUT2D eigenvalue weighted by molar-refractivity contribution is -0.126. The topological polar surface area (TPSA) is 61.9 Å². The van der Waals surface area contributed by atoms with E-state index in [4.69, 9.17) is 4.74 Å². The highest BCUT2D eigenvalue weighted by atomic mass is 16.5. The van der Waals surface area contributed by atoms with Gasteiger partial charge in [-0.2, -0.15) is 0 Å². The molecule has 6 nitrogen and oxygen atoms in total. The van der Waals surface area contributed by atoms with Crippen molar-refractivity contribution in [2.45, 2.75) is 19.4 Å². The maximum Gasteiger partial charge on any atom is 0.227 e. The fourth-order valence-electron chi connectivity index (χ4n) is 3.62. The number of hydrogen-bond acceptors (Lipinski definition) is 4. The number of ether oxygens (including phenoxy) is 1. The van der Waals surface area contributed by atoms with Gasteiger partial charge in [0.05, 0.1) is 19.1 Å². The van der Waals surface area contributed by atoms with Crippen LogP contribution in [0.5, 0.6) is 5.75 Å². The zero-order valence-electron chi connectivity index (χ0n) is 17.5. The summed E-state index contributed by atoms with van der Waals surface area (Å²) in [7, 11) is 5.61. The lowest BCUT2D eigenvalue weighted by Crippen LogP contribution is -2.38. The summed E-state index contributed by atoms with van der Waals surface area (Å²) in [5.74, 6) is 0.389. The zero-order valence-corrected chi connectivity index (χ0v) is 17.5. The average Bonchev–Trinajstić information content (AvgIpc) is 3.10. The Morgan fingerprint density at radius 1 is 1.17 bits per heavy atom. The molecule has 1 aliphatic heterocycles. The van der Waals surface area contributed by atoms with Crippen molar-refractivity contribution in [3.63, 3.8) is 0 Å². The predicted octanol–water partition coefficient (Wildman–Crippen LogP) is 2.78. The van der Waals surface area contributed by atoms with E-state index in [1.54, 1.807) is 12.0 Å². The van der Waals surface area contributed by atoms with Crippen LogP contribution in [0.3, 0.4) is 0 Å². The lowest BCUT2D eigenvalue weighted by Gasteiger charge is -2.26. The minimum Gasteiger partial charge on any atom is -0.497 e. The highest BCUT2D eigenvalue weighted by molar-refractivity contribution is 6.00. The number of methoxy groups -OCH3 is 1. The summed E-state index contributed by atoms with van der Waals surface area (Å²) in [6, 6.07) is 15.7. The summed E-state index contributed by atoms with van der Waals surface area (Å²) in [4.78, 5) is 29.0. The van der Waals surface area contributed by atoms with Crippen molar-refractivity contribution in [3.8, 4) is 5.75 Å². The third kappa shape index (κ3) is 4.95. The van der Waals surface area contributed by atoms with Crippen LogP contribution in [-0.2, 0) is 9.59 Å². The van der Waals surface area contributed by atoms with Gasteiger partial charge in [0.1, 0.15) is 5.75 Å². The van der Waals surface area contributed by atoms with Crippen LogP contribution in [0.1, 0.15) is 23.6 Å². The first-order valence-corrected chi connectivity index (χ1v) is 9.84. The van der Waals surface area contributed by atoms with Gasteiger partial charge in [0, 0.05) is 25.2 Å². The SMILES string of the molecule is COc1ccc(C(CNC(=O)C2CC(=O)N(c3ccc(C)cc3)C2)N(C)C)cc1. The van der Waals surface area contributed by atoms with E-state index in [-0.39, 0.29) is 30.2 Å². The Hall–Kier alpha value is -2.86. The molecule has 2 amide bonds. The molecule has 2 atom stereocenters. The van der Waals surface area contributed by atoms with Gasteiger partial charge in [-0.1, -0.05) is 29.8 Å². The Labute approximate surface area is 172 Å². The number of carbonyl (C=O) groups is 2. The molecule has 0 radical (unpaired) electrons. The molecule has 0 bridgehead atoms. The van der Waals surface area contributed by atoms with Crippen LogP contribution in [0.15, 0.2) is 48.5 Å². The molecule has 0 aliphatic carbocycles. The number of carbonyl (C=O) groups excluding carboxylic acids is 2. The number of nitrogens with zero attached hydrogens (tertiary/aromatic N) is 2. The number of rotatable bonds is 7. The minimum absolute atomic E-state index is 0.00619.